The molecule has 0 amide bonds. The summed E-state index contributed by atoms with van der Waals surface area (Å²) in [7, 11) is 0. The fourth-order valence-corrected chi connectivity index (χ4v) is 2.83. The van der Waals surface area contributed by atoms with Crippen LogP contribution in [0.4, 0.5) is 0 Å². The molecule has 0 aliphatic carbocycles. The molecule has 132 valence electrons. The van der Waals surface area contributed by atoms with Crippen molar-refractivity contribution in [3.63, 3.8) is 0 Å². The number of phenolic OH excluding ortho intramolecular Hbond substituents is 1. The van der Waals surface area contributed by atoms with E-state index in [1.165, 1.54) is 0 Å². The van der Waals surface area contributed by atoms with Crippen molar-refractivity contribution in [2.75, 3.05) is 19.6 Å². The number of aryl methyl sites for hydroxylation is 1. The molecule has 0 spiro atoms. The highest BCUT2D eigenvalue weighted by Gasteiger charge is 2.00. The standard InChI is InChI=1S/C17H24N4OS.HI/c1-3-18-17(20-10-8-15-12-23-13(2)21-15)19-9-7-14-5-4-6-16(22)11-14;/h4-6,11-12,22H,3,7-10H2,1-2H3,(H2,18,19,20);1H. The minimum absolute atomic E-state index is 0. The maximum Gasteiger partial charge on any atom is 0.191 e. The number of hydrogen-bond acceptors (Lipinski definition) is 4. The van der Waals surface area contributed by atoms with Gasteiger partial charge < -0.3 is 15.7 Å². The van der Waals surface area contributed by atoms with Gasteiger partial charge in [-0.3, -0.25) is 4.99 Å². The van der Waals surface area contributed by atoms with Crippen LogP contribution < -0.4 is 10.6 Å². The molecule has 1 heterocycles. The number of aliphatic imine (C=N–C) groups is 1. The first kappa shape index (κ1) is 20.7. The first-order valence-corrected chi connectivity index (χ1v) is 8.76. The van der Waals surface area contributed by atoms with Crippen LogP contribution in [-0.2, 0) is 12.8 Å². The molecule has 0 aliphatic rings. The van der Waals surface area contributed by atoms with Crippen molar-refractivity contribution in [3.8, 4) is 5.75 Å². The second-order valence-corrected chi connectivity index (χ2v) is 6.28. The molecular formula is C17H25IN4OS. The van der Waals surface area contributed by atoms with E-state index in [-0.39, 0.29) is 24.0 Å². The molecule has 0 unspecified atom stereocenters. The molecule has 1 aromatic carbocycles. The van der Waals surface area contributed by atoms with E-state index in [0.717, 1.165) is 48.2 Å². The van der Waals surface area contributed by atoms with Crippen LogP contribution in [0.2, 0.25) is 0 Å². The Bertz CT molecular complexity index is 645. The number of phenols is 1. The first-order chi connectivity index (χ1) is 11.2. The SMILES string of the molecule is CCNC(=NCCc1csc(C)n1)NCCc1cccc(O)c1.I. The number of aromatic nitrogens is 1. The Morgan fingerprint density at radius 1 is 1.29 bits per heavy atom. The van der Waals surface area contributed by atoms with Crippen LogP contribution in [0, 0.1) is 6.92 Å². The molecule has 2 aromatic rings. The van der Waals surface area contributed by atoms with Crippen LogP contribution in [-0.4, -0.2) is 35.7 Å². The second kappa shape index (κ2) is 11.2. The average Bonchev–Trinajstić information content (AvgIpc) is 2.93. The van der Waals surface area contributed by atoms with Gasteiger partial charge in [-0.2, -0.15) is 0 Å². The minimum Gasteiger partial charge on any atom is -0.508 e. The summed E-state index contributed by atoms with van der Waals surface area (Å²) in [5.41, 5.74) is 2.21. The lowest BCUT2D eigenvalue weighted by molar-refractivity contribution is 0.474. The zero-order valence-electron chi connectivity index (χ0n) is 14.1. The van der Waals surface area contributed by atoms with E-state index in [9.17, 15) is 5.11 Å². The lowest BCUT2D eigenvalue weighted by Crippen LogP contribution is -2.38. The van der Waals surface area contributed by atoms with E-state index in [2.05, 4.69) is 32.9 Å². The Kier molecular flexibility index (Phi) is 9.70. The van der Waals surface area contributed by atoms with E-state index in [4.69, 9.17) is 0 Å². The topological polar surface area (TPSA) is 69.5 Å². The number of hydrogen-bond donors (Lipinski definition) is 3. The monoisotopic (exact) mass is 460 g/mol. The van der Waals surface area contributed by atoms with E-state index in [0.29, 0.717) is 12.3 Å². The highest BCUT2D eigenvalue weighted by atomic mass is 127. The lowest BCUT2D eigenvalue weighted by atomic mass is 10.1. The number of halogens is 1. The highest BCUT2D eigenvalue weighted by Crippen LogP contribution is 2.11. The summed E-state index contributed by atoms with van der Waals surface area (Å²) in [6.45, 7) is 6.38. The lowest BCUT2D eigenvalue weighted by Gasteiger charge is -2.11. The molecule has 0 aliphatic heterocycles. The summed E-state index contributed by atoms with van der Waals surface area (Å²) in [4.78, 5) is 9.02. The van der Waals surface area contributed by atoms with Crippen LogP contribution in [0.5, 0.6) is 5.75 Å². The maximum absolute atomic E-state index is 9.47. The molecule has 24 heavy (non-hydrogen) atoms. The van der Waals surface area contributed by atoms with Crippen molar-refractivity contribution in [2.24, 2.45) is 4.99 Å². The molecule has 0 atom stereocenters. The van der Waals surface area contributed by atoms with Gasteiger partial charge in [-0.1, -0.05) is 12.1 Å². The van der Waals surface area contributed by atoms with Gasteiger partial charge in [-0.05, 0) is 38.0 Å². The predicted molar refractivity (Wildman–Crippen MR) is 112 cm³/mol. The summed E-state index contributed by atoms with van der Waals surface area (Å²) in [6, 6.07) is 7.34. The molecule has 7 heteroatoms. The number of nitrogens with zero attached hydrogens (tertiary/aromatic N) is 2. The third-order valence-corrected chi connectivity index (χ3v) is 4.09. The molecule has 0 saturated heterocycles. The van der Waals surface area contributed by atoms with Gasteiger partial charge in [0.05, 0.1) is 10.7 Å². The van der Waals surface area contributed by atoms with Crippen molar-refractivity contribution in [1.29, 1.82) is 0 Å². The van der Waals surface area contributed by atoms with Gasteiger partial charge in [0.2, 0.25) is 0 Å². The zero-order chi connectivity index (χ0) is 16.5. The second-order valence-electron chi connectivity index (χ2n) is 5.22. The Morgan fingerprint density at radius 3 is 2.79 bits per heavy atom. The highest BCUT2D eigenvalue weighted by molar-refractivity contribution is 14.0. The number of benzene rings is 1. The van der Waals surface area contributed by atoms with E-state index in [1.807, 2.05) is 19.1 Å². The van der Waals surface area contributed by atoms with Gasteiger partial charge in [0.25, 0.3) is 0 Å². The van der Waals surface area contributed by atoms with E-state index >= 15 is 0 Å². The van der Waals surface area contributed by atoms with Crippen molar-refractivity contribution in [3.05, 3.63) is 45.9 Å². The number of aromatic hydroxyl groups is 1. The van der Waals surface area contributed by atoms with Gasteiger partial charge in [-0.15, -0.1) is 35.3 Å². The number of guanidine groups is 1. The molecule has 0 radical (unpaired) electrons. The third-order valence-electron chi connectivity index (χ3n) is 3.27. The van der Waals surface area contributed by atoms with Gasteiger partial charge >= 0.3 is 0 Å². The van der Waals surface area contributed by atoms with E-state index < -0.39 is 0 Å². The third kappa shape index (κ3) is 7.48. The van der Waals surface area contributed by atoms with Crippen LogP contribution >= 0.6 is 35.3 Å². The Balaban J connectivity index is 0.00000288. The van der Waals surface area contributed by atoms with E-state index in [1.54, 1.807) is 23.5 Å². The predicted octanol–water partition coefficient (Wildman–Crippen LogP) is 3.12. The van der Waals surface area contributed by atoms with Crippen LogP contribution in [0.3, 0.4) is 0 Å². The molecule has 1 aromatic heterocycles. The van der Waals surface area contributed by atoms with Crippen LogP contribution in [0.1, 0.15) is 23.2 Å². The minimum atomic E-state index is 0. The molecule has 0 saturated carbocycles. The molecular weight excluding hydrogens is 435 g/mol. The van der Waals surface area contributed by atoms with Crippen molar-refractivity contribution in [1.82, 2.24) is 15.6 Å². The number of thiazole rings is 1. The fourth-order valence-electron chi connectivity index (χ4n) is 2.18. The van der Waals surface area contributed by atoms with Crippen LogP contribution in [0.15, 0.2) is 34.6 Å². The summed E-state index contributed by atoms with van der Waals surface area (Å²) < 4.78 is 0. The number of nitrogens with one attached hydrogen (secondary N) is 2. The zero-order valence-corrected chi connectivity index (χ0v) is 17.2. The molecule has 0 bridgehead atoms. The van der Waals surface area contributed by atoms with Crippen molar-refractivity contribution < 1.29 is 5.11 Å². The van der Waals surface area contributed by atoms with Gasteiger partial charge in [-0.25, -0.2) is 4.98 Å². The largest absolute Gasteiger partial charge is 0.508 e. The first-order valence-electron chi connectivity index (χ1n) is 7.88. The normalized spacial score (nSPS) is 11.0. The summed E-state index contributed by atoms with van der Waals surface area (Å²) in [6.07, 6.45) is 1.69. The summed E-state index contributed by atoms with van der Waals surface area (Å²) in [5, 5.41) is 19.2. The fraction of sp³-hybridized carbons (Fsp3) is 0.412. The van der Waals surface area contributed by atoms with Crippen molar-refractivity contribution in [2.45, 2.75) is 26.7 Å². The van der Waals surface area contributed by atoms with Gasteiger partial charge in [0.15, 0.2) is 5.96 Å². The Hall–Kier alpha value is -1.35. The Morgan fingerprint density at radius 2 is 2.12 bits per heavy atom. The number of rotatable bonds is 7. The molecule has 3 N–H and O–H groups in total. The summed E-state index contributed by atoms with van der Waals surface area (Å²) in [5.74, 6) is 1.13. The quantitative estimate of drug-likeness (QED) is 0.338. The molecule has 5 nitrogen and oxygen atoms in total. The van der Waals surface area contributed by atoms with Crippen molar-refractivity contribution >= 4 is 41.3 Å². The van der Waals surface area contributed by atoms with Gasteiger partial charge in [0, 0.05) is 31.4 Å². The molecule has 0 fully saturated rings. The van der Waals surface area contributed by atoms with Crippen LogP contribution in [0.25, 0.3) is 0 Å². The van der Waals surface area contributed by atoms with Gasteiger partial charge in [0.1, 0.15) is 5.75 Å². The average molecular weight is 460 g/mol. The Labute approximate surface area is 164 Å². The smallest absolute Gasteiger partial charge is 0.191 e. The maximum atomic E-state index is 9.47. The summed E-state index contributed by atoms with van der Waals surface area (Å²) >= 11 is 1.67. The molecule has 2 rings (SSSR count).